The molecule has 3 nitrogen and oxygen atoms in total. The summed E-state index contributed by atoms with van der Waals surface area (Å²) in [6.07, 6.45) is -6.25. The fourth-order valence-corrected chi connectivity index (χ4v) is 3.20. The predicted octanol–water partition coefficient (Wildman–Crippen LogP) is 4.33. The molecule has 0 radical (unpaired) electrons. The van der Waals surface area contributed by atoms with Gasteiger partial charge < -0.3 is 10.2 Å². The molecule has 2 aliphatic rings. The van der Waals surface area contributed by atoms with Crippen LogP contribution in [0.1, 0.15) is 47.2 Å². The van der Waals surface area contributed by atoms with Crippen molar-refractivity contribution < 1.29 is 31.1 Å². The van der Waals surface area contributed by atoms with E-state index in [9.17, 15) is 31.1 Å². The summed E-state index contributed by atoms with van der Waals surface area (Å²) in [6.45, 7) is 1.53. The monoisotopic (exact) mass is 394 g/mol. The van der Waals surface area contributed by atoms with Crippen LogP contribution in [0.2, 0.25) is 0 Å². The van der Waals surface area contributed by atoms with Crippen LogP contribution in [0.3, 0.4) is 0 Å². The zero-order chi connectivity index (χ0) is 19.8. The number of halogens is 6. The van der Waals surface area contributed by atoms with Gasteiger partial charge in [-0.3, -0.25) is 4.79 Å². The van der Waals surface area contributed by atoms with Crippen LogP contribution in [0.15, 0.2) is 18.2 Å². The number of piperidine rings is 1. The van der Waals surface area contributed by atoms with Gasteiger partial charge in [0.2, 0.25) is 0 Å². The van der Waals surface area contributed by atoms with Gasteiger partial charge >= 0.3 is 12.4 Å². The number of hydrogen-bond donors (Lipinski definition) is 1. The summed E-state index contributed by atoms with van der Waals surface area (Å²) in [5.74, 6) is -0.0946. The molecule has 1 amide bonds. The molecule has 0 unspecified atom stereocenters. The van der Waals surface area contributed by atoms with Gasteiger partial charge in [-0.25, -0.2) is 0 Å². The van der Waals surface area contributed by atoms with Crippen LogP contribution in [0.4, 0.5) is 26.3 Å². The average molecular weight is 394 g/mol. The lowest BCUT2D eigenvalue weighted by molar-refractivity contribution is -0.143. The van der Waals surface area contributed by atoms with E-state index in [0.717, 1.165) is 6.54 Å². The molecule has 150 valence electrons. The number of benzene rings is 1. The van der Waals surface area contributed by atoms with E-state index in [1.165, 1.54) is 17.7 Å². The number of amides is 1. The number of likely N-dealkylation sites (tertiary alicyclic amines) is 1. The van der Waals surface area contributed by atoms with Crippen molar-refractivity contribution in [2.24, 2.45) is 5.92 Å². The summed E-state index contributed by atoms with van der Waals surface area (Å²) in [7, 11) is 0. The van der Waals surface area contributed by atoms with Gasteiger partial charge in [0.1, 0.15) is 0 Å². The molecule has 2 fully saturated rings. The SMILES string of the molecule is O=C(c1cc(C(F)(F)F)cc(C(F)(F)F)c1)N1CCC(NCC2CC2)CC1. The van der Waals surface area contributed by atoms with E-state index in [2.05, 4.69) is 5.32 Å². The van der Waals surface area contributed by atoms with Crippen molar-refractivity contribution in [1.29, 1.82) is 0 Å². The summed E-state index contributed by atoms with van der Waals surface area (Å²) < 4.78 is 77.7. The van der Waals surface area contributed by atoms with Crippen molar-refractivity contribution in [3.05, 3.63) is 34.9 Å². The molecule has 9 heteroatoms. The Morgan fingerprint density at radius 3 is 1.89 bits per heavy atom. The highest BCUT2D eigenvalue weighted by Gasteiger charge is 2.38. The molecule has 1 heterocycles. The Balaban J connectivity index is 1.72. The second-order valence-electron chi connectivity index (χ2n) is 7.21. The standard InChI is InChI=1S/C18H20F6N2O/c19-17(20,21)13-7-12(8-14(9-13)18(22,23)24)16(27)26-5-3-15(4-6-26)25-10-11-1-2-11/h7-9,11,15,25H,1-6,10H2. The van der Waals surface area contributed by atoms with E-state index < -0.39 is 35.0 Å². The fraction of sp³-hybridized carbons (Fsp3) is 0.611. The van der Waals surface area contributed by atoms with Crippen LogP contribution in [0.5, 0.6) is 0 Å². The van der Waals surface area contributed by atoms with Crippen LogP contribution < -0.4 is 5.32 Å². The molecule has 0 aromatic heterocycles. The summed E-state index contributed by atoms with van der Waals surface area (Å²) in [5, 5.41) is 3.41. The highest BCUT2D eigenvalue weighted by molar-refractivity contribution is 5.94. The number of hydrogen-bond acceptors (Lipinski definition) is 2. The molecule has 1 aromatic carbocycles. The Morgan fingerprint density at radius 1 is 0.926 bits per heavy atom. The third-order valence-electron chi connectivity index (χ3n) is 5.01. The van der Waals surface area contributed by atoms with Gasteiger partial charge in [-0.1, -0.05) is 0 Å². The molecule has 1 aliphatic carbocycles. The lowest BCUT2D eigenvalue weighted by Gasteiger charge is -2.33. The third-order valence-corrected chi connectivity index (χ3v) is 5.01. The Labute approximate surface area is 152 Å². The molecule has 1 aliphatic heterocycles. The second kappa shape index (κ2) is 7.33. The van der Waals surface area contributed by atoms with Crippen molar-refractivity contribution in [3.8, 4) is 0 Å². The van der Waals surface area contributed by atoms with Crippen molar-refractivity contribution in [3.63, 3.8) is 0 Å². The van der Waals surface area contributed by atoms with Gasteiger partial charge in [0.25, 0.3) is 5.91 Å². The van der Waals surface area contributed by atoms with E-state index in [1.807, 2.05) is 0 Å². The molecular formula is C18H20F6N2O. The van der Waals surface area contributed by atoms with Crippen LogP contribution in [0, 0.1) is 5.92 Å². The van der Waals surface area contributed by atoms with E-state index in [4.69, 9.17) is 0 Å². The van der Waals surface area contributed by atoms with Crippen molar-refractivity contribution in [1.82, 2.24) is 10.2 Å². The molecular weight excluding hydrogens is 374 g/mol. The predicted molar refractivity (Wildman–Crippen MR) is 86.1 cm³/mol. The molecule has 0 spiro atoms. The zero-order valence-corrected chi connectivity index (χ0v) is 14.5. The first-order valence-corrected chi connectivity index (χ1v) is 8.86. The van der Waals surface area contributed by atoms with Gasteiger partial charge in [-0.05, 0) is 56.3 Å². The lowest BCUT2D eigenvalue weighted by Crippen LogP contribution is -2.45. The normalized spacial score (nSPS) is 19.4. The van der Waals surface area contributed by atoms with E-state index >= 15 is 0 Å². The minimum atomic E-state index is -4.96. The van der Waals surface area contributed by atoms with Gasteiger partial charge in [0.05, 0.1) is 11.1 Å². The molecule has 1 saturated heterocycles. The van der Waals surface area contributed by atoms with Gasteiger partial charge in [-0.2, -0.15) is 26.3 Å². The first kappa shape index (κ1) is 20.0. The maximum absolute atomic E-state index is 12.9. The number of carbonyl (C=O) groups excluding carboxylic acids is 1. The molecule has 3 rings (SSSR count). The molecule has 0 atom stereocenters. The second-order valence-corrected chi connectivity index (χ2v) is 7.21. The van der Waals surface area contributed by atoms with Gasteiger partial charge in [0.15, 0.2) is 0 Å². The van der Waals surface area contributed by atoms with Gasteiger partial charge in [0, 0.05) is 24.7 Å². The number of nitrogens with zero attached hydrogens (tertiary/aromatic N) is 1. The largest absolute Gasteiger partial charge is 0.416 e. The highest BCUT2D eigenvalue weighted by atomic mass is 19.4. The Kier molecular flexibility index (Phi) is 5.42. The number of alkyl halides is 6. The fourth-order valence-electron chi connectivity index (χ4n) is 3.20. The average Bonchev–Trinajstić information content (AvgIpc) is 3.42. The Bertz CT molecular complexity index is 656. The van der Waals surface area contributed by atoms with Crippen LogP contribution in [0.25, 0.3) is 0 Å². The first-order chi connectivity index (χ1) is 12.5. The van der Waals surface area contributed by atoms with Gasteiger partial charge in [-0.15, -0.1) is 0 Å². The number of carbonyl (C=O) groups is 1. The highest BCUT2D eigenvalue weighted by Crippen LogP contribution is 2.36. The summed E-state index contributed by atoms with van der Waals surface area (Å²) in [6, 6.07) is 1.25. The van der Waals surface area contributed by atoms with E-state index in [1.54, 1.807) is 0 Å². The number of nitrogens with one attached hydrogen (secondary N) is 1. The molecule has 0 bridgehead atoms. The molecule has 27 heavy (non-hydrogen) atoms. The molecule has 1 N–H and O–H groups in total. The van der Waals surface area contributed by atoms with Crippen molar-refractivity contribution in [2.45, 2.75) is 44.1 Å². The van der Waals surface area contributed by atoms with Crippen LogP contribution in [-0.2, 0) is 12.4 Å². The van der Waals surface area contributed by atoms with Crippen LogP contribution in [-0.4, -0.2) is 36.5 Å². The summed E-state index contributed by atoms with van der Waals surface area (Å²) in [5.41, 5.74) is -3.52. The summed E-state index contributed by atoms with van der Waals surface area (Å²) in [4.78, 5) is 13.8. The minimum Gasteiger partial charge on any atom is -0.339 e. The minimum absolute atomic E-state index is 0.0326. The van der Waals surface area contributed by atoms with Crippen LogP contribution >= 0.6 is 0 Å². The van der Waals surface area contributed by atoms with Crippen molar-refractivity contribution in [2.75, 3.05) is 19.6 Å². The molecule has 1 saturated carbocycles. The first-order valence-electron chi connectivity index (χ1n) is 8.86. The van der Waals surface area contributed by atoms with E-state index in [-0.39, 0.29) is 12.1 Å². The summed E-state index contributed by atoms with van der Waals surface area (Å²) >= 11 is 0. The van der Waals surface area contributed by atoms with E-state index in [0.29, 0.717) is 44.0 Å². The number of rotatable bonds is 4. The Hall–Kier alpha value is -1.77. The maximum Gasteiger partial charge on any atom is 0.416 e. The quantitative estimate of drug-likeness (QED) is 0.771. The third kappa shape index (κ3) is 5.15. The lowest BCUT2D eigenvalue weighted by atomic mass is 10.0. The Morgan fingerprint density at radius 2 is 1.44 bits per heavy atom. The maximum atomic E-state index is 12.9. The molecule has 1 aromatic rings. The topological polar surface area (TPSA) is 32.3 Å². The van der Waals surface area contributed by atoms with Crippen molar-refractivity contribution >= 4 is 5.91 Å². The zero-order valence-electron chi connectivity index (χ0n) is 14.5. The smallest absolute Gasteiger partial charge is 0.339 e.